The molecule has 1 saturated heterocycles. The third kappa shape index (κ3) is 1.99. The van der Waals surface area contributed by atoms with Crippen molar-refractivity contribution in [1.29, 1.82) is 0 Å². The first kappa shape index (κ1) is 6.51. The minimum atomic E-state index is 0.0104. The zero-order valence-electron chi connectivity index (χ0n) is 5.40. The molecular formula is C5H11N3O. The van der Waals surface area contributed by atoms with Gasteiger partial charge in [-0.1, -0.05) is 0 Å². The smallest absolute Gasteiger partial charge is 0.218 e. The molecule has 0 aromatic carbocycles. The molecule has 1 fully saturated rings. The van der Waals surface area contributed by atoms with Gasteiger partial charge < -0.3 is 5.32 Å². The van der Waals surface area contributed by atoms with Crippen LogP contribution in [0.3, 0.4) is 0 Å². The highest BCUT2D eigenvalue weighted by atomic mass is 16.1. The quantitative estimate of drug-likeness (QED) is 0.423. The SMILES string of the molecule is CC(=O)NC1CCNN1. The van der Waals surface area contributed by atoms with Gasteiger partial charge in [0.05, 0.1) is 6.17 Å². The lowest BCUT2D eigenvalue weighted by Crippen LogP contribution is -2.43. The van der Waals surface area contributed by atoms with Gasteiger partial charge in [-0.05, 0) is 6.42 Å². The third-order valence-corrected chi connectivity index (χ3v) is 1.21. The summed E-state index contributed by atoms with van der Waals surface area (Å²) in [6, 6.07) is 0. The average molecular weight is 129 g/mol. The van der Waals surface area contributed by atoms with E-state index in [0.717, 1.165) is 13.0 Å². The molecule has 1 rings (SSSR count). The Morgan fingerprint density at radius 2 is 2.56 bits per heavy atom. The number of rotatable bonds is 1. The molecular weight excluding hydrogens is 118 g/mol. The predicted molar refractivity (Wildman–Crippen MR) is 33.4 cm³/mol. The molecule has 0 spiro atoms. The van der Waals surface area contributed by atoms with Crippen molar-refractivity contribution in [3.63, 3.8) is 0 Å². The molecule has 1 atom stereocenters. The van der Waals surface area contributed by atoms with E-state index in [2.05, 4.69) is 16.2 Å². The van der Waals surface area contributed by atoms with Crippen LogP contribution in [0, 0.1) is 0 Å². The first-order valence-corrected chi connectivity index (χ1v) is 3.04. The topological polar surface area (TPSA) is 53.2 Å². The van der Waals surface area contributed by atoms with Crippen molar-refractivity contribution in [3.8, 4) is 0 Å². The molecule has 9 heavy (non-hydrogen) atoms. The second kappa shape index (κ2) is 2.80. The van der Waals surface area contributed by atoms with Crippen molar-refractivity contribution >= 4 is 5.91 Å². The lowest BCUT2D eigenvalue weighted by atomic mass is 10.4. The maximum Gasteiger partial charge on any atom is 0.218 e. The number of hydrogen-bond acceptors (Lipinski definition) is 3. The normalized spacial score (nSPS) is 26.1. The zero-order valence-corrected chi connectivity index (χ0v) is 5.40. The second-order valence-corrected chi connectivity index (χ2v) is 2.11. The van der Waals surface area contributed by atoms with Crippen molar-refractivity contribution in [2.24, 2.45) is 0 Å². The van der Waals surface area contributed by atoms with Crippen LogP contribution in [-0.2, 0) is 4.79 Å². The highest BCUT2D eigenvalue weighted by Gasteiger charge is 2.12. The van der Waals surface area contributed by atoms with Crippen LogP contribution in [0.15, 0.2) is 0 Å². The summed E-state index contributed by atoms with van der Waals surface area (Å²) >= 11 is 0. The van der Waals surface area contributed by atoms with Crippen LogP contribution in [0.5, 0.6) is 0 Å². The summed E-state index contributed by atoms with van der Waals surface area (Å²) in [4.78, 5) is 10.4. The Morgan fingerprint density at radius 1 is 1.78 bits per heavy atom. The maximum atomic E-state index is 10.4. The fourth-order valence-corrected chi connectivity index (χ4v) is 0.838. The van der Waals surface area contributed by atoms with Gasteiger partial charge >= 0.3 is 0 Å². The number of amides is 1. The third-order valence-electron chi connectivity index (χ3n) is 1.21. The van der Waals surface area contributed by atoms with Crippen LogP contribution in [-0.4, -0.2) is 18.6 Å². The van der Waals surface area contributed by atoms with Gasteiger partial charge in [0.1, 0.15) is 0 Å². The lowest BCUT2D eigenvalue weighted by Gasteiger charge is -2.08. The van der Waals surface area contributed by atoms with E-state index in [4.69, 9.17) is 0 Å². The van der Waals surface area contributed by atoms with Gasteiger partial charge in [-0.3, -0.25) is 10.2 Å². The predicted octanol–water partition coefficient (Wildman–Crippen LogP) is -1.05. The van der Waals surface area contributed by atoms with E-state index in [0.29, 0.717) is 0 Å². The van der Waals surface area contributed by atoms with Gasteiger partial charge in [0.25, 0.3) is 0 Å². The largest absolute Gasteiger partial charge is 0.340 e. The number of nitrogens with one attached hydrogen (secondary N) is 3. The van der Waals surface area contributed by atoms with E-state index < -0.39 is 0 Å². The minimum Gasteiger partial charge on any atom is -0.340 e. The summed E-state index contributed by atoms with van der Waals surface area (Å²) in [5, 5.41) is 2.73. The standard InChI is InChI=1S/C5H11N3O/c1-4(9)7-5-2-3-6-8-5/h5-6,8H,2-3H2,1H3,(H,7,9). The summed E-state index contributed by atoms with van der Waals surface area (Å²) in [5.41, 5.74) is 5.82. The Balaban J connectivity index is 2.19. The van der Waals surface area contributed by atoms with Crippen LogP contribution < -0.4 is 16.2 Å². The molecule has 1 heterocycles. The van der Waals surface area contributed by atoms with Gasteiger partial charge in [-0.2, -0.15) is 0 Å². The zero-order chi connectivity index (χ0) is 6.69. The molecule has 0 aliphatic carbocycles. The molecule has 0 radical (unpaired) electrons. The highest BCUT2D eigenvalue weighted by Crippen LogP contribution is 1.89. The monoisotopic (exact) mass is 129 g/mol. The summed E-state index contributed by atoms with van der Waals surface area (Å²) in [6.45, 7) is 2.44. The van der Waals surface area contributed by atoms with Crippen LogP contribution in [0.2, 0.25) is 0 Å². The van der Waals surface area contributed by atoms with Crippen molar-refractivity contribution in [3.05, 3.63) is 0 Å². The molecule has 4 nitrogen and oxygen atoms in total. The minimum absolute atomic E-state index is 0.0104. The van der Waals surface area contributed by atoms with Crippen molar-refractivity contribution in [1.82, 2.24) is 16.2 Å². The van der Waals surface area contributed by atoms with E-state index in [-0.39, 0.29) is 12.1 Å². The second-order valence-electron chi connectivity index (χ2n) is 2.11. The van der Waals surface area contributed by atoms with Crippen molar-refractivity contribution in [2.45, 2.75) is 19.5 Å². The number of hydrazine groups is 1. The highest BCUT2D eigenvalue weighted by molar-refractivity contribution is 5.73. The number of carbonyl (C=O) groups is 1. The summed E-state index contributed by atoms with van der Waals surface area (Å²) in [6.07, 6.45) is 1.09. The average Bonchev–Trinajstić information content (AvgIpc) is 2.15. The fraction of sp³-hybridized carbons (Fsp3) is 0.800. The van der Waals surface area contributed by atoms with E-state index in [1.165, 1.54) is 6.92 Å². The lowest BCUT2D eigenvalue weighted by molar-refractivity contribution is -0.119. The Hall–Kier alpha value is -0.610. The van der Waals surface area contributed by atoms with Crippen LogP contribution >= 0.6 is 0 Å². The molecule has 1 aliphatic heterocycles. The Labute approximate surface area is 54.0 Å². The van der Waals surface area contributed by atoms with Crippen LogP contribution in [0.25, 0.3) is 0 Å². The van der Waals surface area contributed by atoms with Gasteiger partial charge in [-0.15, -0.1) is 0 Å². The number of hydrogen-bond donors (Lipinski definition) is 3. The van der Waals surface area contributed by atoms with Crippen molar-refractivity contribution in [2.75, 3.05) is 6.54 Å². The molecule has 0 bridgehead atoms. The first-order valence-electron chi connectivity index (χ1n) is 3.04. The van der Waals surface area contributed by atoms with Gasteiger partial charge in [0.2, 0.25) is 5.91 Å². The Morgan fingerprint density at radius 3 is 3.00 bits per heavy atom. The van der Waals surface area contributed by atoms with Gasteiger partial charge in [-0.25, -0.2) is 5.43 Å². The van der Waals surface area contributed by atoms with Gasteiger partial charge in [0.15, 0.2) is 0 Å². The molecule has 52 valence electrons. The summed E-state index contributed by atoms with van der Waals surface area (Å²) in [7, 11) is 0. The van der Waals surface area contributed by atoms with Crippen LogP contribution in [0.4, 0.5) is 0 Å². The molecule has 1 aliphatic rings. The molecule has 0 saturated carbocycles. The number of carbonyl (C=O) groups excluding carboxylic acids is 1. The Bertz CT molecular complexity index is 109. The summed E-state index contributed by atoms with van der Waals surface area (Å²) in [5.74, 6) is 0.0104. The molecule has 0 aromatic heterocycles. The van der Waals surface area contributed by atoms with E-state index in [1.807, 2.05) is 0 Å². The molecule has 0 aromatic rings. The van der Waals surface area contributed by atoms with Crippen LogP contribution in [0.1, 0.15) is 13.3 Å². The molecule has 3 N–H and O–H groups in total. The first-order chi connectivity index (χ1) is 4.29. The van der Waals surface area contributed by atoms with Gasteiger partial charge in [0, 0.05) is 13.5 Å². The molecule has 1 amide bonds. The van der Waals surface area contributed by atoms with Crippen molar-refractivity contribution < 1.29 is 4.79 Å². The van der Waals surface area contributed by atoms with E-state index in [1.54, 1.807) is 0 Å². The fourth-order valence-electron chi connectivity index (χ4n) is 0.838. The van der Waals surface area contributed by atoms with E-state index in [9.17, 15) is 4.79 Å². The maximum absolute atomic E-state index is 10.4. The van der Waals surface area contributed by atoms with E-state index >= 15 is 0 Å². The molecule has 1 unspecified atom stereocenters. The Kier molecular flexibility index (Phi) is 2.02. The molecule has 4 heteroatoms. The summed E-state index contributed by atoms with van der Waals surface area (Å²) < 4.78 is 0.